The Kier molecular flexibility index (Phi) is 2.76. The Morgan fingerprint density at radius 1 is 1.06 bits per heavy atom. The third-order valence-electron chi connectivity index (χ3n) is 3.03. The fourth-order valence-electron chi connectivity index (χ4n) is 2.09. The van der Waals surface area contributed by atoms with Gasteiger partial charge in [0.25, 0.3) is 0 Å². The van der Waals surface area contributed by atoms with Gasteiger partial charge >= 0.3 is 0 Å². The molecule has 0 amide bonds. The maximum atomic E-state index is 12.4. The fraction of sp³-hybridized carbons (Fsp3) is 0.0667. The van der Waals surface area contributed by atoms with Crippen LogP contribution in [0.15, 0.2) is 47.4 Å². The van der Waals surface area contributed by atoms with Gasteiger partial charge in [0.2, 0.25) is 0 Å². The highest BCUT2D eigenvalue weighted by Gasteiger charge is 2.21. The first-order valence-electron chi connectivity index (χ1n) is 5.64. The molecular formula is C15H10O2S. The number of benzene rings is 2. The van der Waals surface area contributed by atoms with E-state index in [-0.39, 0.29) is 5.78 Å². The predicted octanol–water partition coefficient (Wildman–Crippen LogP) is 3.34. The minimum Gasteiger partial charge on any atom is -0.298 e. The first kappa shape index (κ1) is 11.2. The predicted molar refractivity (Wildman–Crippen MR) is 71.3 cm³/mol. The van der Waals surface area contributed by atoms with Crippen LogP contribution < -0.4 is 0 Å². The lowest BCUT2D eigenvalue weighted by Crippen LogP contribution is -2.03. The Balaban J connectivity index is 2.17. The van der Waals surface area contributed by atoms with Gasteiger partial charge in [-0.2, -0.15) is 0 Å². The number of rotatable bonds is 1. The second kappa shape index (κ2) is 4.42. The molecule has 0 radical (unpaired) electrons. The van der Waals surface area contributed by atoms with Crippen LogP contribution in [0.3, 0.4) is 0 Å². The van der Waals surface area contributed by atoms with Gasteiger partial charge in [-0.05, 0) is 17.7 Å². The minimum absolute atomic E-state index is 0.0445. The fourth-order valence-corrected chi connectivity index (χ4v) is 3.19. The van der Waals surface area contributed by atoms with Crippen molar-refractivity contribution in [3.8, 4) is 0 Å². The van der Waals surface area contributed by atoms with E-state index in [1.807, 2.05) is 24.3 Å². The number of hydrogen-bond acceptors (Lipinski definition) is 3. The van der Waals surface area contributed by atoms with Crippen molar-refractivity contribution in [1.29, 1.82) is 0 Å². The van der Waals surface area contributed by atoms with Gasteiger partial charge in [-0.15, -0.1) is 11.8 Å². The molecule has 2 nitrogen and oxygen atoms in total. The highest BCUT2D eigenvalue weighted by Crippen LogP contribution is 2.33. The number of ketones is 1. The molecule has 0 atom stereocenters. The summed E-state index contributed by atoms with van der Waals surface area (Å²) < 4.78 is 0. The summed E-state index contributed by atoms with van der Waals surface area (Å²) >= 11 is 1.61. The van der Waals surface area contributed by atoms with E-state index in [1.165, 1.54) is 0 Å². The van der Waals surface area contributed by atoms with Crippen LogP contribution in [0.2, 0.25) is 0 Å². The quantitative estimate of drug-likeness (QED) is 0.732. The Bertz CT molecular complexity index is 647. The summed E-state index contributed by atoms with van der Waals surface area (Å²) in [6.07, 6.45) is 0.809. The highest BCUT2D eigenvalue weighted by atomic mass is 32.2. The van der Waals surface area contributed by atoms with E-state index in [4.69, 9.17) is 0 Å². The number of fused-ring (bicyclic) bond motifs is 2. The lowest BCUT2D eigenvalue weighted by Gasteiger charge is -2.04. The van der Waals surface area contributed by atoms with Gasteiger partial charge in [-0.3, -0.25) is 9.59 Å². The van der Waals surface area contributed by atoms with Crippen molar-refractivity contribution in [2.45, 2.75) is 10.6 Å². The van der Waals surface area contributed by atoms with E-state index in [1.54, 1.807) is 30.0 Å². The average molecular weight is 254 g/mol. The second-order valence-electron chi connectivity index (χ2n) is 4.15. The summed E-state index contributed by atoms with van der Waals surface area (Å²) in [5.74, 6) is 0.806. The molecule has 3 heteroatoms. The number of thioether (sulfide) groups is 1. The van der Waals surface area contributed by atoms with Crippen molar-refractivity contribution in [1.82, 2.24) is 0 Å². The molecule has 0 fully saturated rings. The monoisotopic (exact) mass is 254 g/mol. The average Bonchev–Trinajstić information content (AvgIpc) is 2.57. The van der Waals surface area contributed by atoms with Gasteiger partial charge in [-0.25, -0.2) is 0 Å². The third-order valence-corrected chi connectivity index (χ3v) is 4.14. The molecule has 18 heavy (non-hydrogen) atoms. The van der Waals surface area contributed by atoms with Gasteiger partial charge < -0.3 is 0 Å². The molecule has 88 valence electrons. The van der Waals surface area contributed by atoms with Crippen molar-refractivity contribution in [2.75, 3.05) is 0 Å². The van der Waals surface area contributed by atoms with Gasteiger partial charge in [0, 0.05) is 27.3 Å². The van der Waals surface area contributed by atoms with E-state index in [2.05, 4.69) is 0 Å². The molecule has 0 aromatic heterocycles. The van der Waals surface area contributed by atoms with Gasteiger partial charge in [0.15, 0.2) is 5.78 Å². The number of hydrogen-bond donors (Lipinski definition) is 0. The lowest BCUT2D eigenvalue weighted by atomic mass is 9.98. The number of carbonyl (C=O) groups is 2. The Hall–Kier alpha value is -1.87. The molecule has 1 aliphatic heterocycles. The molecule has 0 saturated carbocycles. The Labute approximate surface area is 109 Å². The molecule has 3 rings (SSSR count). The van der Waals surface area contributed by atoms with Crippen molar-refractivity contribution in [3.63, 3.8) is 0 Å². The molecule has 2 aromatic carbocycles. The van der Waals surface area contributed by atoms with Crippen molar-refractivity contribution >= 4 is 23.8 Å². The Morgan fingerprint density at radius 3 is 2.72 bits per heavy atom. The van der Waals surface area contributed by atoms with Crippen LogP contribution in [0.4, 0.5) is 0 Å². The van der Waals surface area contributed by atoms with Crippen LogP contribution in [0.1, 0.15) is 31.8 Å². The maximum absolute atomic E-state index is 12.4. The standard InChI is InChI=1S/C15H10O2S/c16-8-10-5-6-13-14(7-10)18-9-11-3-1-2-4-12(11)15(13)17/h1-8H,9H2. The normalized spacial score (nSPS) is 13.4. The Morgan fingerprint density at radius 2 is 1.89 bits per heavy atom. The van der Waals surface area contributed by atoms with Crippen molar-refractivity contribution in [3.05, 3.63) is 64.7 Å². The summed E-state index contributed by atoms with van der Waals surface area (Å²) in [5, 5.41) is 0. The molecular weight excluding hydrogens is 244 g/mol. The number of aldehydes is 1. The second-order valence-corrected chi connectivity index (χ2v) is 5.17. The lowest BCUT2D eigenvalue weighted by molar-refractivity contribution is 0.103. The van der Waals surface area contributed by atoms with Gasteiger partial charge in [0.1, 0.15) is 6.29 Å². The third kappa shape index (κ3) is 1.77. The molecule has 0 bridgehead atoms. The van der Waals surface area contributed by atoms with Gasteiger partial charge in [0.05, 0.1) is 0 Å². The van der Waals surface area contributed by atoms with Gasteiger partial charge in [-0.1, -0.05) is 30.3 Å². The van der Waals surface area contributed by atoms with Crippen LogP contribution in [0.25, 0.3) is 0 Å². The van der Waals surface area contributed by atoms with E-state index in [9.17, 15) is 9.59 Å². The van der Waals surface area contributed by atoms with Crippen molar-refractivity contribution < 1.29 is 9.59 Å². The molecule has 0 spiro atoms. The van der Waals surface area contributed by atoms with E-state index in [0.717, 1.165) is 28.1 Å². The summed E-state index contributed by atoms with van der Waals surface area (Å²) in [7, 11) is 0. The van der Waals surface area contributed by atoms with Crippen LogP contribution in [-0.4, -0.2) is 12.1 Å². The number of carbonyl (C=O) groups excluding carboxylic acids is 2. The SMILES string of the molecule is O=Cc1ccc2c(c1)SCc1ccccc1C2=O. The van der Waals surface area contributed by atoms with Crippen LogP contribution in [0.5, 0.6) is 0 Å². The summed E-state index contributed by atoms with van der Waals surface area (Å²) in [5.41, 5.74) is 3.12. The van der Waals surface area contributed by atoms with E-state index in [0.29, 0.717) is 11.1 Å². The maximum Gasteiger partial charge on any atom is 0.194 e. The molecule has 1 aliphatic rings. The van der Waals surface area contributed by atoms with E-state index >= 15 is 0 Å². The highest BCUT2D eigenvalue weighted by molar-refractivity contribution is 7.98. The molecule has 1 heterocycles. The zero-order valence-electron chi connectivity index (χ0n) is 9.55. The first-order valence-corrected chi connectivity index (χ1v) is 6.63. The molecule has 0 N–H and O–H groups in total. The zero-order chi connectivity index (χ0) is 12.5. The van der Waals surface area contributed by atoms with Crippen molar-refractivity contribution in [2.24, 2.45) is 0 Å². The molecule has 2 aromatic rings. The van der Waals surface area contributed by atoms with E-state index < -0.39 is 0 Å². The largest absolute Gasteiger partial charge is 0.298 e. The topological polar surface area (TPSA) is 34.1 Å². The minimum atomic E-state index is 0.0445. The van der Waals surface area contributed by atoms with Crippen LogP contribution >= 0.6 is 11.8 Å². The molecule has 0 aliphatic carbocycles. The van der Waals surface area contributed by atoms with Crippen LogP contribution in [0, 0.1) is 0 Å². The molecule has 0 saturated heterocycles. The van der Waals surface area contributed by atoms with Crippen LogP contribution in [-0.2, 0) is 5.75 Å². The zero-order valence-corrected chi connectivity index (χ0v) is 10.4. The summed E-state index contributed by atoms with van der Waals surface area (Å²) in [6.45, 7) is 0. The summed E-state index contributed by atoms with van der Waals surface area (Å²) in [4.78, 5) is 24.1. The first-order chi connectivity index (χ1) is 8.79. The molecule has 0 unspecified atom stereocenters. The summed E-state index contributed by atoms with van der Waals surface area (Å²) in [6, 6.07) is 12.9. The smallest absolute Gasteiger partial charge is 0.194 e.